The first-order valence-corrected chi connectivity index (χ1v) is 6.88. The fourth-order valence-electron chi connectivity index (χ4n) is 2.77. The lowest BCUT2D eigenvalue weighted by atomic mass is 10.0. The Morgan fingerprint density at radius 3 is 3.00 bits per heavy atom. The maximum atomic E-state index is 3.63. The molecule has 0 saturated heterocycles. The van der Waals surface area contributed by atoms with E-state index < -0.39 is 0 Å². The van der Waals surface area contributed by atoms with Gasteiger partial charge in [0.15, 0.2) is 0 Å². The summed E-state index contributed by atoms with van der Waals surface area (Å²) >= 11 is 0. The topological polar surface area (TPSA) is 24.1 Å². The summed E-state index contributed by atoms with van der Waals surface area (Å²) in [6, 6.07) is 6.83. The first-order valence-electron chi connectivity index (χ1n) is 6.88. The summed E-state index contributed by atoms with van der Waals surface area (Å²) in [7, 11) is 0. The Balaban J connectivity index is 1.55. The molecule has 1 aromatic rings. The largest absolute Gasteiger partial charge is 0.384 e. The summed E-state index contributed by atoms with van der Waals surface area (Å²) in [6.07, 6.45) is 5.35. The Morgan fingerprint density at radius 1 is 1.35 bits per heavy atom. The van der Waals surface area contributed by atoms with Gasteiger partial charge in [0, 0.05) is 25.3 Å². The highest BCUT2D eigenvalue weighted by atomic mass is 14.9. The smallest absolute Gasteiger partial charge is 0.0373 e. The van der Waals surface area contributed by atoms with E-state index in [-0.39, 0.29) is 0 Å². The average molecular weight is 230 g/mol. The van der Waals surface area contributed by atoms with Crippen molar-refractivity contribution in [3.8, 4) is 0 Å². The van der Waals surface area contributed by atoms with Gasteiger partial charge in [-0.2, -0.15) is 0 Å². The molecule has 1 heterocycles. The molecular formula is C15H22N2. The molecule has 0 unspecified atom stereocenters. The van der Waals surface area contributed by atoms with E-state index in [0.717, 1.165) is 13.1 Å². The highest BCUT2D eigenvalue weighted by molar-refractivity contribution is 5.56. The van der Waals surface area contributed by atoms with Gasteiger partial charge in [0.1, 0.15) is 0 Å². The summed E-state index contributed by atoms with van der Waals surface area (Å²) in [6.45, 7) is 5.63. The molecule has 2 N–H and O–H groups in total. The number of hydrogen-bond acceptors (Lipinski definition) is 2. The monoisotopic (exact) mass is 230 g/mol. The van der Waals surface area contributed by atoms with Gasteiger partial charge in [0.25, 0.3) is 0 Å². The van der Waals surface area contributed by atoms with Crippen LogP contribution in [-0.4, -0.2) is 13.1 Å². The third-order valence-electron chi connectivity index (χ3n) is 4.42. The van der Waals surface area contributed by atoms with E-state index in [1.165, 1.54) is 49.0 Å². The summed E-state index contributed by atoms with van der Waals surface area (Å²) in [4.78, 5) is 0. The van der Waals surface area contributed by atoms with Crippen LogP contribution in [-0.2, 0) is 13.0 Å². The summed E-state index contributed by atoms with van der Waals surface area (Å²) in [5.41, 5.74) is 4.90. The highest BCUT2D eigenvalue weighted by Crippen LogP contribution is 2.47. The lowest BCUT2D eigenvalue weighted by Crippen LogP contribution is -2.23. The maximum absolute atomic E-state index is 3.63. The van der Waals surface area contributed by atoms with Crippen LogP contribution in [0.1, 0.15) is 37.3 Å². The van der Waals surface area contributed by atoms with E-state index in [0.29, 0.717) is 5.41 Å². The van der Waals surface area contributed by atoms with Crippen LogP contribution in [0.4, 0.5) is 5.69 Å². The van der Waals surface area contributed by atoms with Gasteiger partial charge >= 0.3 is 0 Å². The molecule has 0 atom stereocenters. The van der Waals surface area contributed by atoms with Crippen LogP contribution >= 0.6 is 0 Å². The molecule has 1 aliphatic heterocycles. The summed E-state index contributed by atoms with van der Waals surface area (Å²) in [5, 5.41) is 7.03. The normalized spacial score (nSPS) is 19.8. The Labute approximate surface area is 104 Å². The second kappa shape index (κ2) is 4.34. The molecule has 2 heteroatoms. The van der Waals surface area contributed by atoms with Crippen LogP contribution in [0.5, 0.6) is 0 Å². The molecule has 0 amide bonds. The van der Waals surface area contributed by atoms with Crippen molar-refractivity contribution in [2.24, 2.45) is 5.41 Å². The predicted octanol–water partition coefficient (Wildman–Crippen LogP) is 2.93. The number of fused-ring (bicyclic) bond motifs is 1. The van der Waals surface area contributed by atoms with Gasteiger partial charge in [-0.05, 0) is 48.3 Å². The van der Waals surface area contributed by atoms with Crippen LogP contribution in [0.15, 0.2) is 18.2 Å². The molecule has 2 nitrogen and oxygen atoms in total. The molecule has 0 radical (unpaired) electrons. The zero-order valence-corrected chi connectivity index (χ0v) is 10.7. The Hall–Kier alpha value is -1.02. The lowest BCUT2D eigenvalue weighted by molar-refractivity contribution is 0.443. The molecule has 1 fully saturated rings. The third kappa shape index (κ3) is 2.32. The first kappa shape index (κ1) is 11.1. The van der Waals surface area contributed by atoms with Crippen LogP contribution < -0.4 is 10.6 Å². The van der Waals surface area contributed by atoms with Crippen molar-refractivity contribution in [3.63, 3.8) is 0 Å². The Morgan fingerprint density at radius 2 is 2.24 bits per heavy atom. The molecule has 0 bridgehead atoms. The van der Waals surface area contributed by atoms with E-state index in [9.17, 15) is 0 Å². The number of nitrogens with one attached hydrogen (secondary N) is 2. The predicted molar refractivity (Wildman–Crippen MR) is 72.3 cm³/mol. The number of anilines is 1. The molecule has 1 aromatic carbocycles. The van der Waals surface area contributed by atoms with Crippen molar-refractivity contribution < 1.29 is 0 Å². The second-order valence-corrected chi connectivity index (χ2v) is 5.63. The summed E-state index contributed by atoms with van der Waals surface area (Å²) in [5.74, 6) is 0. The minimum atomic E-state index is 0.651. The van der Waals surface area contributed by atoms with Crippen molar-refractivity contribution in [1.82, 2.24) is 5.32 Å². The average Bonchev–Trinajstić information content (AvgIpc) is 2.98. The van der Waals surface area contributed by atoms with E-state index in [1.54, 1.807) is 0 Å². The van der Waals surface area contributed by atoms with Gasteiger partial charge in [0.05, 0.1) is 0 Å². The minimum absolute atomic E-state index is 0.651. The SMILES string of the molecule is CCC1(CNCc2ccc3c(c2)CCN3)CC1. The van der Waals surface area contributed by atoms with Gasteiger partial charge < -0.3 is 10.6 Å². The molecule has 3 rings (SSSR count). The zero-order valence-electron chi connectivity index (χ0n) is 10.7. The first-order chi connectivity index (χ1) is 8.31. The van der Waals surface area contributed by atoms with Crippen LogP contribution in [0, 0.1) is 5.41 Å². The highest BCUT2D eigenvalue weighted by Gasteiger charge is 2.39. The van der Waals surface area contributed by atoms with Gasteiger partial charge in [-0.25, -0.2) is 0 Å². The quantitative estimate of drug-likeness (QED) is 0.812. The standard InChI is InChI=1S/C15H22N2/c1-2-15(6-7-15)11-16-10-12-3-4-14-13(9-12)5-8-17-14/h3-4,9,16-17H,2,5-8,10-11H2,1H3. The van der Waals surface area contributed by atoms with E-state index in [1.807, 2.05) is 0 Å². The van der Waals surface area contributed by atoms with E-state index in [2.05, 4.69) is 35.8 Å². The molecule has 1 saturated carbocycles. The lowest BCUT2D eigenvalue weighted by Gasteiger charge is -2.13. The van der Waals surface area contributed by atoms with Gasteiger partial charge in [-0.15, -0.1) is 0 Å². The molecule has 92 valence electrons. The Kier molecular flexibility index (Phi) is 2.83. The van der Waals surface area contributed by atoms with Crippen LogP contribution in [0.3, 0.4) is 0 Å². The second-order valence-electron chi connectivity index (χ2n) is 5.63. The van der Waals surface area contributed by atoms with Crippen molar-refractivity contribution in [2.45, 2.75) is 39.2 Å². The van der Waals surface area contributed by atoms with Crippen molar-refractivity contribution >= 4 is 5.69 Å². The minimum Gasteiger partial charge on any atom is -0.384 e. The number of rotatable bonds is 5. The van der Waals surface area contributed by atoms with E-state index in [4.69, 9.17) is 0 Å². The maximum Gasteiger partial charge on any atom is 0.0373 e. The molecule has 1 aliphatic carbocycles. The molecular weight excluding hydrogens is 208 g/mol. The fraction of sp³-hybridized carbons (Fsp3) is 0.600. The van der Waals surface area contributed by atoms with Crippen LogP contribution in [0.25, 0.3) is 0 Å². The van der Waals surface area contributed by atoms with Crippen molar-refractivity contribution in [1.29, 1.82) is 0 Å². The van der Waals surface area contributed by atoms with Crippen molar-refractivity contribution in [3.05, 3.63) is 29.3 Å². The number of benzene rings is 1. The van der Waals surface area contributed by atoms with Gasteiger partial charge in [-0.3, -0.25) is 0 Å². The van der Waals surface area contributed by atoms with Crippen LogP contribution in [0.2, 0.25) is 0 Å². The Bertz CT molecular complexity index is 407. The fourth-order valence-corrected chi connectivity index (χ4v) is 2.77. The molecule has 17 heavy (non-hydrogen) atoms. The molecule has 2 aliphatic rings. The number of hydrogen-bond donors (Lipinski definition) is 2. The summed E-state index contributed by atoms with van der Waals surface area (Å²) < 4.78 is 0. The van der Waals surface area contributed by atoms with E-state index >= 15 is 0 Å². The van der Waals surface area contributed by atoms with Gasteiger partial charge in [0.2, 0.25) is 0 Å². The van der Waals surface area contributed by atoms with Crippen molar-refractivity contribution in [2.75, 3.05) is 18.4 Å². The molecule has 0 aromatic heterocycles. The zero-order chi connectivity index (χ0) is 11.7. The van der Waals surface area contributed by atoms with Gasteiger partial charge in [-0.1, -0.05) is 19.1 Å². The molecule has 0 spiro atoms. The third-order valence-corrected chi connectivity index (χ3v) is 4.42.